The summed E-state index contributed by atoms with van der Waals surface area (Å²) in [6.45, 7) is 6.02. The highest BCUT2D eigenvalue weighted by molar-refractivity contribution is 7.10. The molecule has 1 atom stereocenters. The van der Waals surface area contributed by atoms with Gasteiger partial charge in [-0.05, 0) is 61.7 Å². The quantitative estimate of drug-likeness (QED) is 0.565. The monoisotopic (exact) mass is 454 g/mol. The highest BCUT2D eigenvalue weighted by Gasteiger charge is 2.34. The number of aryl methyl sites for hydroxylation is 1. The Hall–Kier alpha value is -2.34. The van der Waals surface area contributed by atoms with Crippen molar-refractivity contribution in [3.63, 3.8) is 0 Å². The number of hydrogen-bond acceptors (Lipinski definition) is 4. The number of fused-ring (bicyclic) bond motifs is 1. The Morgan fingerprint density at radius 1 is 1.16 bits per heavy atom. The van der Waals surface area contributed by atoms with Gasteiger partial charge >= 0.3 is 0 Å². The molecule has 2 aliphatic rings. The van der Waals surface area contributed by atoms with Gasteiger partial charge in [-0.15, -0.1) is 11.3 Å². The Kier molecular flexibility index (Phi) is 7.51. The van der Waals surface area contributed by atoms with Gasteiger partial charge < -0.3 is 14.5 Å². The van der Waals surface area contributed by atoms with Gasteiger partial charge in [0.05, 0.1) is 12.6 Å². The molecule has 2 amide bonds. The summed E-state index contributed by atoms with van der Waals surface area (Å²) in [5, 5.41) is 2.10. The van der Waals surface area contributed by atoms with E-state index in [-0.39, 0.29) is 30.3 Å². The Labute approximate surface area is 195 Å². The van der Waals surface area contributed by atoms with Crippen LogP contribution in [-0.4, -0.2) is 47.9 Å². The zero-order valence-electron chi connectivity index (χ0n) is 19.2. The maximum absolute atomic E-state index is 13.5. The molecule has 172 valence electrons. The molecule has 2 aromatic rings. The van der Waals surface area contributed by atoms with E-state index in [1.165, 1.54) is 16.0 Å². The molecule has 0 spiro atoms. The normalized spacial score (nSPS) is 18.4. The second-order valence-electron chi connectivity index (χ2n) is 9.02. The van der Waals surface area contributed by atoms with Gasteiger partial charge in [0.2, 0.25) is 11.8 Å². The topological polar surface area (TPSA) is 49.9 Å². The minimum Gasteiger partial charge on any atom is -0.491 e. The van der Waals surface area contributed by atoms with E-state index in [0.29, 0.717) is 19.7 Å². The van der Waals surface area contributed by atoms with Crippen LogP contribution in [0.5, 0.6) is 5.75 Å². The molecule has 32 heavy (non-hydrogen) atoms. The number of carbonyl (C=O) groups excluding carboxylic acids is 2. The molecule has 4 rings (SSSR count). The first-order valence-corrected chi connectivity index (χ1v) is 12.8. The molecular formula is C26H34N2O3S. The Morgan fingerprint density at radius 2 is 1.91 bits per heavy atom. The minimum absolute atomic E-state index is 0.0270. The van der Waals surface area contributed by atoms with Crippen molar-refractivity contribution < 1.29 is 14.3 Å². The maximum Gasteiger partial charge on any atom is 0.242 e. The molecule has 2 heterocycles. The number of amides is 2. The van der Waals surface area contributed by atoms with E-state index in [1.54, 1.807) is 16.2 Å². The summed E-state index contributed by atoms with van der Waals surface area (Å²) in [5.74, 6) is 1.10. The average Bonchev–Trinajstić information content (AvgIpc) is 3.50. The van der Waals surface area contributed by atoms with E-state index in [2.05, 4.69) is 25.3 Å². The lowest BCUT2D eigenvalue weighted by atomic mass is 10.00. The lowest BCUT2D eigenvalue weighted by Gasteiger charge is -2.37. The van der Waals surface area contributed by atoms with Crippen LogP contribution in [0.4, 0.5) is 0 Å². The van der Waals surface area contributed by atoms with Crippen molar-refractivity contribution in [1.29, 1.82) is 0 Å². The van der Waals surface area contributed by atoms with Gasteiger partial charge in [0.1, 0.15) is 12.4 Å². The van der Waals surface area contributed by atoms with Crippen LogP contribution in [0.25, 0.3) is 0 Å². The van der Waals surface area contributed by atoms with Crippen molar-refractivity contribution in [2.24, 2.45) is 5.92 Å². The molecule has 1 saturated carbocycles. The van der Waals surface area contributed by atoms with Crippen molar-refractivity contribution in [2.75, 3.05) is 26.2 Å². The Balaban J connectivity index is 1.48. The largest absolute Gasteiger partial charge is 0.491 e. The first-order chi connectivity index (χ1) is 15.6. The van der Waals surface area contributed by atoms with Crippen molar-refractivity contribution >= 4 is 23.2 Å². The molecule has 0 bridgehead atoms. The molecule has 1 aliphatic carbocycles. The Bertz CT molecular complexity index is 917. The van der Waals surface area contributed by atoms with Crippen molar-refractivity contribution in [3.05, 3.63) is 51.7 Å². The van der Waals surface area contributed by atoms with E-state index in [4.69, 9.17) is 4.74 Å². The van der Waals surface area contributed by atoms with E-state index in [1.807, 2.05) is 29.2 Å². The fourth-order valence-electron chi connectivity index (χ4n) is 4.91. The van der Waals surface area contributed by atoms with E-state index in [9.17, 15) is 9.59 Å². The second kappa shape index (κ2) is 10.5. The van der Waals surface area contributed by atoms with E-state index in [0.717, 1.165) is 44.3 Å². The third-order valence-electron chi connectivity index (χ3n) is 6.68. The summed E-state index contributed by atoms with van der Waals surface area (Å²) >= 11 is 1.75. The highest BCUT2D eigenvalue weighted by Crippen LogP contribution is 2.34. The van der Waals surface area contributed by atoms with Gasteiger partial charge in [-0.25, -0.2) is 0 Å². The van der Waals surface area contributed by atoms with Crippen LogP contribution in [-0.2, 0) is 16.0 Å². The molecular weight excluding hydrogens is 420 g/mol. The molecule has 1 aromatic carbocycles. The first kappa shape index (κ1) is 22.8. The molecule has 0 radical (unpaired) electrons. The molecule has 1 aliphatic heterocycles. The summed E-state index contributed by atoms with van der Waals surface area (Å²) in [6.07, 6.45) is 5.89. The minimum atomic E-state index is -0.121. The first-order valence-electron chi connectivity index (χ1n) is 11.9. The number of thiophene rings is 1. The van der Waals surface area contributed by atoms with Crippen molar-refractivity contribution in [3.8, 4) is 5.75 Å². The van der Waals surface area contributed by atoms with Gasteiger partial charge in [0.15, 0.2) is 0 Å². The zero-order chi connectivity index (χ0) is 22.5. The fourth-order valence-corrected chi connectivity index (χ4v) is 5.83. The second-order valence-corrected chi connectivity index (χ2v) is 10.0. The number of hydrogen-bond donors (Lipinski definition) is 0. The summed E-state index contributed by atoms with van der Waals surface area (Å²) in [6, 6.07) is 10.0. The molecule has 6 heteroatoms. The van der Waals surface area contributed by atoms with E-state index >= 15 is 0 Å². The van der Waals surface area contributed by atoms with Gasteiger partial charge in [-0.1, -0.05) is 37.5 Å². The van der Waals surface area contributed by atoms with Crippen molar-refractivity contribution in [2.45, 2.75) is 58.4 Å². The molecule has 1 aromatic heterocycles. The molecule has 5 nitrogen and oxygen atoms in total. The van der Waals surface area contributed by atoms with Gasteiger partial charge in [-0.2, -0.15) is 0 Å². The van der Waals surface area contributed by atoms with E-state index < -0.39 is 0 Å². The van der Waals surface area contributed by atoms with Crippen LogP contribution in [0.15, 0.2) is 35.7 Å². The lowest BCUT2D eigenvalue weighted by molar-refractivity contribution is -0.144. The smallest absolute Gasteiger partial charge is 0.242 e. The summed E-state index contributed by atoms with van der Waals surface area (Å²) in [4.78, 5) is 31.6. The van der Waals surface area contributed by atoms with Crippen LogP contribution in [0.2, 0.25) is 0 Å². The van der Waals surface area contributed by atoms with Crippen LogP contribution >= 0.6 is 11.3 Å². The number of ether oxygens (including phenoxy) is 1. The predicted octanol–water partition coefficient (Wildman–Crippen LogP) is 4.99. The molecule has 0 unspecified atom stereocenters. The molecule has 0 saturated heterocycles. The number of nitrogens with zero attached hydrogens (tertiary/aromatic N) is 2. The number of carbonyl (C=O) groups is 2. The maximum atomic E-state index is 13.5. The lowest BCUT2D eigenvalue weighted by Crippen LogP contribution is -2.48. The summed E-state index contributed by atoms with van der Waals surface area (Å²) < 4.78 is 6.12. The van der Waals surface area contributed by atoms with Gasteiger partial charge in [0.25, 0.3) is 0 Å². The predicted molar refractivity (Wildman–Crippen MR) is 128 cm³/mol. The highest BCUT2D eigenvalue weighted by atomic mass is 32.1. The van der Waals surface area contributed by atoms with Crippen LogP contribution in [0.3, 0.4) is 0 Å². The SMILES string of the molecule is CCCN(CC(=O)N1CCc2sccc2[C@H]1COc1ccc(C)cc1)C(=O)C1CCCC1. The standard InChI is InChI=1S/C26H34N2O3S/c1-3-14-27(26(30)20-6-4-5-7-20)17-25(29)28-15-12-24-22(13-16-32-24)23(28)18-31-21-10-8-19(2)9-11-21/h8-11,13,16,20,23H,3-7,12,14-15,17-18H2,1-2H3/t23-/m1/s1. The molecule has 1 fully saturated rings. The third-order valence-corrected chi connectivity index (χ3v) is 7.68. The summed E-state index contributed by atoms with van der Waals surface area (Å²) in [5.41, 5.74) is 2.38. The fraction of sp³-hybridized carbons (Fsp3) is 0.538. The summed E-state index contributed by atoms with van der Waals surface area (Å²) in [7, 11) is 0. The number of rotatable bonds is 8. The number of benzene rings is 1. The van der Waals surface area contributed by atoms with Crippen LogP contribution in [0.1, 0.15) is 61.1 Å². The average molecular weight is 455 g/mol. The van der Waals surface area contributed by atoms with Gasteiger partial charge in [0, 0.05) is 23.9 Å². The van der Waals surface area contributed by atoms with Gasteiger partial charge in [-0.3, -0.25) is 9.59 Å². The zero-order valence-corrected chi connectivity index (χ0v) is 20.0. The van der Waals surface area contributed by atoms with Crippen LogP contribution < -0.4 is 4.74 Å². The Morgan fingerprint density at radius 3 is 2.62 bits per heavy atom. The van der Waals surface area contributed by atoms with Crippen molar-refractivity contribution in [1.82, 2.24) is 9.80 Å². The third kappa shape index (κ3) is 5.17. The molecule has 0 N–H and O–H groups in total. The van der Waals surface area contributed by atoms with Crippen LogP contribution in [0, 0.1) is 12.8 Å².